The molecule has 2 aliphatic carbocycles. The average molecular weight is 288 g/mol. The molecule has 1 N–H and O–H groups in total. The van der Waals surface area contributed by atoms with Crippen LogP contribution >= 0.6 is 0 Å². The van der Waals surface area contributed by atoms with E-state index in [1.54, 1.807) is 7.11 Å². The van der Waals surface area contributed by atoms with Gasteiger partial charge in [-0.3, -0.25) is 4.90 Å². The van der Waals surface area contributed by atoms with Crippen LogP contribution in [0.3, 0.4) is 0 Å². The minimum atomic E-state index is 0.435. The summed E-state index contributed by atoms with van der Waals surface area (Å²) in [6.07, 6.45) is 7.95. The summed E-state index contributed by atoms with van der Waals surface area (Å²) in [6.45, 7) is 0. The van der Waals surface area contributed by atoms with Crippen LogP contribution in [0.2, 0.25) is 0 Å². The summed E-state index contributed by atoms with van der Waals surface area (Å²) in [6, 6.07) is 8.39. The lowest BCUT2D eigenvalue weighted by molar-refractivity contribution is 0.127. The van der Waals surface area contributed by atoms with E-state index >= 15 is 0 Å². The monoisotopic (exact) mass is 288 g/mol. The molecule has 0 amide bonds. The molecule has 1 aromatic carbocycles. The van der Waals surface area contributed by atoms with Crippen LogP contribution in [0, 0.1) is 0 Å². The maximum atomic E-state index is 5.37. The van der Waals surface area contributed by atoms with Crippen molar-refractivity contribution < 1.29 is 4.74 Å². The van der Waals surface area contributed by atoms with Crippen LogP contribution < -0.4 is 10.1 Å². The van der Waals surface area contributed by atoms with Crippen molar-refractivity contribution in [1.29, 1.82) is 0 Å². The molecule has 0 saturated heterocycles. The zero-order valence-electron chi connectivity index (χ0n) is 13.6. The van der Waals surface area contributed by atoms with Gasteiger partial charge in [-0.25, -0.2) is 0 Å². The van der Waals surface area contributed by atoms with Crippen molar-refractivity contribution in [3.63, 3.8) is 0 Å². The molecule has 21 heavy (non-hydrogen) atoms. The van der Waals surface area contributed by atoms with Gasteiger partial charge in [-0.15, -0.1) is 0 Å². The third-order valence-corrected chi connectivity index (χ3v) is 5.51. The van der Waals surface area contributed by atoms with E-state index in [4.69, 9.17) is 4.74 Å². The van der Waals surface area contributed by atoms with Crippen LogP contribution in [0.1, 0.15) is 49.3 Å². The van der Waals surface area contributed by atoms with Gasteiger partial charge in [0.2, 0.25) is 0 Å². The van der Waals surface area contributed by atoms with E-state index in [0.717, 1.165) is 18.2 Å². The van der Waals surface area contributed by atoms with E-state index in [1.165, 1.54) is 43.2 Å². The lowest BCUT2D eigenvalue weighted by Crippen LogP contribution is -2.48. The summed E-state index contributed by atoms with van der Waals surface area (Å²) in [5.41, 5.74) is 2.91. The number of nitrogens with zero attached hydrogens (tertiary/aromatic N) is 1. The molecule has 0 radical (unpaired) electrons. The first-order valence-corrected chi connectivity index (χ1v) is 8.30. The molecule has 2 unspecified atom stereocenters. The molecule has 3 nitrogen and oxygen atoms in total. The van der Waals surface area contributed by atoms with E-state index in [1.807, 2.05) is 0 Å². The molecule has 0 bridgehead atoms. The van der Waals surface area contributed by atoms with Crippen molar-refractivity contribution in [3.8, 4) is 5.75 Å². The van der Waals surface area contributed by atoms with E-state index in [9.17, 15) is 0 Å². The zero-order valence-corrected chi connectivity index (χ0v) is 13.6. The number of likely N-dealkylation sites (N-methyl/N-ethyl adjacent to an activating group) is 2. The third-order valence-electron chi connectivity index (χ3n) is 5.51. The van der Waals surface area contributed by atoms with Gasteiger partial charge in [0, 0.05) is 18.1 Å². The Hall–Kier alpha value is -1.06. The van der Waals surface area contributed by atoms with Gasteiger partial charge in [-0.05, 0) is 63.0 Å². The zero-order chi connectivity index (χ0) is 14.8. The van der Waals surface area contributed by atoms with Crippen LogP contribution in [-0.4, -0.2) is 38.2 Å². The van der Waals surface area contributed by atoms with E-state index < -0.39 is 0 Å². The number of fused-ring (bicyclic) bond motifs is 1. The fraction of sp³-hybridized carbons (Fsp3) is 0.667. The smallest absolute Gasteiger partial charge is 0.119 e. The van der Waals surface area contributed by atoms with E-state index in [2.05, 4.69) is 42.5 Å². The Kier molecular flexibility index (Phi) is 4.51. The Morgan fingerprint density at radius 1 is 1.19 bits per heavy atom. The molecule has 3 heteroatoms. The van der Waals surface area contributed by atoms with Gasteiger partial charge in [0.05, 0.1) is 7.11 Å². The Morgan fingerprint density at radius 3 is 2.62 bits per heavy atom. The van der Waals surface area contributed by atoms with Gasteiger partial charge in [-0.2, -0.15) is 0 Å². The largest absolute Gasteiger partial charge is 0.497 e. The Morgan fingerprint density at radius 2 is 1.95 bits per heavy atom. The molecule has 2 atom stereocenters. The van der Waals surface area contributed by atoms with E-state index in [-0.39, 0.29) is 0 Å². The molecule has 1 aromatic rings. The highest BCUT2D eigenvalue weighted by atomic mass is 16.5. The lowest BCUT2D eigenvalue weighted by atomic mass is 9.82. The van der Waals surface area contributed by atoms with Crippen molar-refractivity contribution >= 4 is 0 Å². The molecule has 0 spiro atoms. The third kappa shape index (κ3) is 2.82. The van der Waals surface area contributed by atoms with E-state index in [0.29, 0.717) is 12.1 Å². The molecule has 0 aromatic heterocycles. The fourth-order valence-electron chi connectivity index (χ4n) is 4.28. The topological polar surface area (TPSA) is 24.5 Å². The Labute approximate surface area is 128 Å². The maximum Gasteiger partial charge on any atom is 0.119 e. The quantitative estimate of drug-likeness (QED) is 0.921. The summed E-state index contributed by atoms with van der Waals surface area (Å²) in [5.74, 6) is 0.978. The van der Waals surface area contributed by atoms with Crippen LogP contribution in [0.25, 0.3) is 0 Å². The van der Waals surface area contributed by atoms with Crippen molar-refractivity contribution in [3.05, 3.63) is 29.3 Å². The first kappa shape index (κ1) is 14.9. The second kappa shape index (κ2) is 6.37. The molecule has 2 aliphatic rings. The standard InChI is InChI=1S/C18H28N2O/c1-19-18-16-10-9-15(21-3)12-13(16)8-11-17(18)20(2)14-6-4-5-7-14/h9-10,12,14,17-19H,4-8,11H2,1-3H3. The summed E-state index contributed by atoms with van der Waals surface area (Å²) < 4.78 is 5.37. The van der Waals surface area contributed by atoms with Gasteiger partial charge in [0.15, 0.2) is 0 Å². The Bertz CT molecular complexity index is 482. The van der Waals surface area contributed by atoms with Crippen LogP contribution in [0.15, 0.2) is 18.2 Å². The van der Waals surface area contributed by atoms with Crippen molar-refractivity contribution in [2.24, 2.45) is 0 Å². The van der Waals surface area contributed by atoms with Crippen molar-refractivity contribution in [2.45, 2.75) is 56.7 Å². The number of benzene rings is 1. The van der Waals surface area contributed by atoms with Crippen molar-refractivity contribution in [2.75, 3.05) is 21.2 Å². The molecule has 1 saturated carbocycles. The summed E-state index contributed by atoms with van der Waals surface area (Å²) in [4.78, 5) is 2.65. The van der Waals surface area contributed by atoms with Gasteiger partial charge in [0.1, 0.15) is 5.75 Å². The number of ether oxygens (including phenoxy) is 1. The normalized spacial score (nSPS) is 26.1. The first-order valence-electron chi connectivity index (χ1n) is 8.30. The summed E-state index contributed by atoms with van der Waals surface area (Å²) >= 11 is 0. The molecule has 3 rings (SSSR count). The summed E-state index contributed by atoms with van der Waals surface area (Å²) in [5, 5.41) is 3.57. The summed E-state index contributed by atoms with van der Waals surface area (Å²) in [7, 11) is 6.18. The van der Waals surface area contributed by atoms with Gasteiger partial charge >= 0.3 is 0 Å². The van der Waals surface area contributed by atoms with Crippen molar-refractivity contribution in [1.82, 2.24) is 10.2 Å². The molecule has 0 heterocycles. The number of hydrogen-bond acceptors (Lipinski definition) is 3. The van der Waals surface area contributed by atoms with Crippen LogP contribution in [0.5, 0.6) is 5.75 Å². The SMILES string of the molecule is CNC1c2ccc(OC)cc2CCC1N(C)C1CCCC1. The molecule has 1 fully saturated rings. The highest BCUT2D eigenvalue weighted by molar-refractivity contribution is 5.40. The Balaban J connectivity index is 1.84. The number of hydrogen-bond donors (Lipinski definition) is 1. The lowest BCUT2D eigenvalue weighted by Gasteiger charge is -2.42. The average Bonchev–Trinajstić information content (AvgIpc) is 3.06. The van der Waals surface area contributed by atoms with Gasteiger partial charge in [0.25, 0.3) is 0 Å². The van der Waals surface area contributed by atoms with Crippen LogP contribution in [-0.2, 0) is 6.42 Å². The minimum absolute atomic E-state index is 0.435. The second-order valence-corrected chi connectivity index (χ2v) is 6.54. The highest BCUT2D eigenvalue weighted by Gasteiger charge is 2.34. The van der Waals surface area contributed by atoms with Gasteiger partial charge in [-0.1, -0.05) is 18.9 Å². The van der Waals surface area contributed by atoms with Gasteiger partial charge < -0.3 is 10.1 Å². The number of methoxy groups -OCH3 is 1. The molecular weight excluding hydrogens is 260 g/mol. The molecular formula is C18H28N2O. The number of aryl methyl sites for hydroxylation is 1. The fourth-order valence-corrected chi connectivity index (χ4v) is 4.28. The predicted molar refractivity (Wildman–Crippen MR) is 86.9 cm³/mol. The second-order valence-electron chi connectivity index (χ2n) is 6.54. The predicted octanol–water partition coefficient (Wildman–Crippen LogP) is 3.14. The molecule has 116 valence electrons. The number of rotatable bonds is 4. The number of nitrogens with one attached hydrogen (secondary N) is 1. The molecule has 0 aliphatic heterocycles. The maximum absolute atomic E-state index is 5.37. The van der Waals surface area contributed by atoms with Crippen LogP contribution in [0.4, 0.5) is 0 Å². The first-order chi connectivity index (χ1) is 10.2. The highest BCUT2D eigenvalue weighted by Crippen LogP contribution is 2.37. The minimum Gasteiger partial charge on any atom is -0.497 e.